The fourth-order valence-electron chi connectivity index (χ4n) is 2.07. The van der Waals surface area contributed by atoms with Gasteiger partial charge in [0.2, 0.25) is 0 Å². The molecule has 1 heterocycles. The van der Waals surface area contributed by atoms with Crippen LogP contribution in [0, 0.1) is 18.3 Å². The second kappa shape index (κ2) is 6.05. The Labute approximate surface area is 113 Å². The van der Waals surface area contributed by atoms with Crippen molar-refractivity contribution in [1.82, 2.24) is 9.55 Å². The van der Waals surface area contributed by atoms with E-state index in [1.54, 1.807) is 12.5 Å². The van der Waals surface area contributed by atoms with Crippen molar-refractivity contribution >= 4 is 5.69 Å². The molecule has 0 aliphatic carbocycles. The predicted octanol–water partition coefficient (Wildman–Crippen LogP) is 3.28. The van der Waals surface area contributed by atoms with E-state index in [1.807, 2.05) is 35.8 Å². The molecule has 0 aliphatic heterocycles. The van der Waals surface area contributed by atoms with Gasteiger partial charge in [0, 0.05) is 12.2 Å². The van der Waals surface area contributed by atoms with E-state index in [2.05, 4.69) is 23.3 Å². The number of aromatic nitrogens is 2. The summed E-state index contributed by atoms with van der Waals surface area (Å²) >= 11 is 0. The molecule has 0 bridgehead atoms. The van der Waals surface area contributed by atoms with E-state index >= 15 is 0 Å². The summed E-state index contributed by atoms with van der Waals surface area (Å²) in [6.07, 6.45) is 4.55. The standard InChI is InChI=1S/C15H18N4/c1-3-7-19-11-17-10-15(19)14(9-16)18-13-6-4-5-12(2)8-13/h4-6,8,10-11,14,18H,3,7H2,1-2H3. The molecule has 0 aliphatic rings. The van der Waals surface area contributed by atoms with Gasteiger partial charge in [-0.2, -0.15) is 5.26 Å². The molecule has 1 N–H and O–H groups in total. The lowest BCUT2D eigenvalue weighted by molar-refractivity contribution is 0.640. The Morgan fingerprint density at radius 3 is 3.00 bits per heavy atom. The Morgan fingerprint density at radius 2 is 2.32 bits per heavy atom. The summed E-state index contributed by atoms with van der Waals surface area (Å²) < 4.78 is 2.02. The van der Waals surface area contributed by atoms with Crippen LogP contribution >= 0.6 is 0 Å². The fourth-order valence-corrected chi connectivity index (χ4v) is 2.07. The minimum atomic E-state index is -0.379. The highest BCUT2D eigenvalue weighted by atomic mass is 15.1. The molecular formula is C15H18N4. The second-order valence-electron chi connectivity index (χ2n) is 4.59. The zero-order valence-electron chi connectivity index (χ0n) is 11.3. The molecular weight excluding hydrogens is 236 g/mol. The highest BCUT2D eigenvalue weighted by Crippen LogP contribution is 2.20. The molecule has 2 rings (SSSR count). The van der Waals surface area contributed by atoms with Crippen LogP contribution in [-0.4, -0.2) is 9.55 Å². The van der Waals surface area contributed by atoms with Gasteiger partial charge >= 0.3 is 0 Å². The lowest BCUT2D eigenvalue weighted by atomic mass is 10.2. The van der Waals surface area contributed by atoms with Crippen LogP contribution in [0.2, 0.25) is 0 Å². The maximum absolute atomic E-state index is 9.37. The third-order valence-corrected chi connectivity index (χ3v) is 2.96. The number of imidazole rings is 1. The Hall–Kier alpha value is -2.28. The number of nitrogens with zero attached hydrogens (tertiary/aromatic N) is 3. The van der Waals surface area contributed by atoms with E-state index in [0.717, 1.165) is 24.3 Å². The van der Waals surface area contributed by atoms with Gasteiger partial charge in [-0.1, -0.05) is 19.1 Å². The molecule has 0 saturated carbocycles. The lowest BCUT2D eigenvalue weighted by Gasteiger charge is -2.15. The molecule has 0 saturated heterocycles. The number of nitriles is 1. The molecule has 0 radical (unpaired) electrons. The van der Waals surface area contributed by atoms with Crippen molar-refractivity contribution in [3.05, 3.63) is 48.0 Å². The molecule has 1 atom stereocenters. The average Bonchev–Trinajstić information content (AvgIpc) is 2.85. The van der Waals surface area contributed by atoms with E-state index in [1.165, 1.54) is 5.56 Å². The van der Waals surface area contributed by atoms with Gasteiger partial charge in [0.15, 0.2) is 6.04 Å². The summed E-state index contributed by atoms with van der Waals surface area (Å²) in [7, 11) is 0. The first kappa shape index (κ1) is 13.2. The van der Waals surface area contributed by atoms with E-state index in [9.17, 15) is 5.26 Å². The highest BCUT2D eigenvalue weighted by Gasteiger charge is 2.14. The van der Waals surface area contributed by atoms with Crippen LogP contribution in [-0.2, 0) is 6.54 Å². The zero-order valence-corrected chi connectivity index (χ0v) is 11.3. The van der Waals surface area contributed by atoms with Crippen molar-refractivity contribution < 1.29 is 0 Å². The third kappa shape index (κ3) is 3.14. The van der Waals surface area contributed by atoms with Crippen molar-refractivity contribution in [3.63, 3.8) is 0 Å². The summed E-state index contributed by atoms with van der Waals surface area (Å²) in [5.41, 5.74) is 3.03. The molecule has 4 nitrogen and oxygen atoms in total. The highest BCUT2D eigenvalue weighted by molar-refractivity contribution is 5.48. The second-order valence-corrected chi connectivity index (χ2v) is 4.59. The van der Waals surface area contributed by atoms with Crippen molar-refractivity contribution in [2.24, 2.45) is 0 Å². The zero-order chi connectivity index (χ0) is 13.7. The summed E-state index contributed by atoms with van der Waals surface area (Å²) in [6, 6.07) is 9.94. The molecule has 98 valence electrons. The number of hydrogen-bond acceptors (Lipinski definition) is 3. The number of rotatable bonds is 5. The summed E-state index contributed by atoms with van der Waals surface area (Å²) in [4.78, 5) is 4.14. The monoisotopic (exact) mass is 254 g/mol. The van der Waals surface area contributed by atoms with Crippen LogP contribution in [0.3, 0.4) is 0 Å². The van der Waals surface area contributed by atoms with E-state index in [-0.39, 0.29) is 6.04 Å². The molecule has 19 heavy (non-hydrogen) atoms. The topological polar surface area (TPSA) is 53.6 Å². The fraction of sp³-hybridized carbons (Fsp3) is 0.333. The van der Waals surface area contributed by atoms with Gasteiger partial charge in [0.1, 0.15) is 0 Å². The average molecular weight is 254 g/mol. The maximum atomic E-state index is 9.37. The minimum Gasteiger partial charge on any atom is -0.365 e. The Kier molecular flexibility index (Phi) is 4.19. The number of aryl methyl sites for hydroxylation is 2. The normalized spacial score (nSPS) is 11.8. The molecule has 1 unspecified atom stereocenters. The molecule has 0 amide bonds. The van der Waals surface area contributed by atoms with Gasteiger partial charge in [0.25, 0.3) is 0 Å². The quantitative estimate of drug-likeness (QED) is 0.890. The van der Waals surface area contributed by atoms with E-state index in [0.29, 0.717) is 0 Å². The summed E-state index contributed by atoms with van der Waals surface area (Å²) in [5.74, 6) is 0. The summed E-state index contributed by atoms with van der Waals surface area (Å²) in [6.45, 7) is 5.02. The van der Waals surface area contributed by atoms with E-state index in [4.69, 9.17) is 0 Å². The molecule has 1 aromatic carbocycles. The molecule has 0 fully saturated rings. The Bertz CT molecular complexity index is 580. The van der Waals surface area contributed by atoms with Crippen LogP contribution in [0.25, 0.3) is 0 Å². The maximum Gasteiger partial charge on any atom is 0.156 e. The Morgan fingerprint density at radius 1 is 1.47 bits per heavy atom. The minimum absolute atomic E-state index is 0.379. The first-order valence-corrected chi connectivity index (χ1v) is 6.47. The first-order valence-electron chi connectivity index (χ1n) is 6.47. The van der Waals surface area contributed by atoms with Crippen LogP contribution in [0.15, 0.2) is 36.8 Å². The van der Waals surface area contributed by atoms with Gasteiger partial charge in [-0.3, -0.25) is 0 Å². The van der Waals surface area contributed by atoms with Gasteiger partial charge in [-0.15, -0.1) is 0 Å². The van der Waals surface area contributed by atoms with Crippen LogP contribution < -0.4 is 5.32 Å². The number of anilines is 1. The first-order chi connectivity index (χ1) is 9.24. The summed E-state index contributed by atoms with van der Waals surface area (Å²) in [5, 5.41) is 12.6. The van der Waals surface area contributed by atoms with Gasteiger partial charge in [0.05, 0.1) is 24.3 Å². The van der Waals surface area contributed by atoms with E-state index < -0.39 is 0 Å². The van der Waals surface area contributed by atoms with Crippen molar-refractivity contribution in [2.75, 3.05) is 5.32 Å². The van der Waals surface area contributed by atoms with Crippen molar-refractivity contribution in [2.45, 2.75) is 32.9 Å². The van der Waals surface area contributed by atoms with Gasteiger partial charge in [-0.25, -0.2) is 4.98 Å². The molecule has 0 spiro atoms. The third-order valence-electron chi connectivity index (χ3n) is 2.96. The van der Waals surface area contributed by atoms with Crippen molar-refractivity contribution in [3.8, 4) is 6.07 Å². The van der Waals surface area contributed by atoms with Gasteiger partial charge in [-0.05, 0) is 31.0 Å². The predicted molar refractivity (Wildman–Crippen MR) is 75.7 cm³/mol. The van der Waals surface area contributed by atoms with Gasteiger partial charge < -0.3 is 9.88 Å². The SMILES string of the molecule is CCCn1cncc1C(C#N)Nc1cccc(C)c1. The van der Waals surface area contributed by atoms with Crippen LogP contribution in [0.5, 0.6) is 0 Å². The largest absolute Gasteiger partial charge is 0.365 e. The molecule has 2 aromatic rings. The van der Waals surface area contributed by atoms with Crippen LogP contribution in [0.4, 0.5) is 5.69 Å². The molecule has 4 heteroatoms. The number of hydrogen-bond donors (Lipinski definition) is 1. The lowest BCUT2D eigenvalue weighted by Crippen LogP contribution is -2.13. The molecule has 1 aromatic heterocycles. The smallest absolute Gasteiger partial charge is 0.156 e. The Balaban J connectivity index is 2.21. The number of benzene rings is 1. The van der Waals surface area contributed by atoms with Crippen molar-refractivity contribution in [1.29, 1.82) is 5.26 Å². The number of nitrogens with one attached hydrogen (secondary N) is 1. The van der Waals surface area contributed by atoms with Crippen LogP contribution in [0.1, 0.15) is 30.6 Å².